The minimum Gasteiger partial charge on any atom is -0.497 e. The maximum absolute atomic E-state index is 13.4. The first-order chi connectivity index (χ1) is 15.4. The van der Waals surface area contributed by atoms with Gasteiger partial charge in [0.25, 0.3) is 10.0 Å². The molecule has 0 atom stereocenters. The number of carbonyl (C=O) groups is 1. The number of hydrogen-bond donors (Lipinski definition) is 1. The number of methoxy groups -OCH3 is 3. The van der Waals surface area contributed by atoms with Crippen LogP contribution in [0.3, 0.4) is 0 Å². The summed E-state index contributed by atoms with van der Waals surface area (Å²) in [6.07, 6.45) is 0. The monoisotopic (exact) mass is 456 g/mol. The van der Waals surface area contributed by atoms with Gasteiger partial charge in [0.05, 0.1) is 37.6 Å². The SMILES string of the molecule is COc1cccc(N(CC(=O)Nc2cc(OC)ccc2OC)S(=O)(=O)c2ccccc2)c1. The fourth-order valence-corrected chi connectivity index (χ4v) is 4.47. The Hall–Kier alpha value is -3.72. The molecule has 0 bridgehead atoms. The van der Waals surface area contributed by atoms with Crippen LogP contribution in [0, 0.1) is 0 Å². The topological polar surface area (TPSA) is 94.2 Å². The molecule has 1 N–H and O–H groups in total. The van der Waals surface area contributed by atoms with Gasteiger partial charge in [-0.15, -0.1) is 0 Å². The number of anilines is 2. The molecule has 0 heterocycles. The Bertz CT molecular complexity index is 1180. The van der Waals surface area contributed by atoms with Crippen molar-refractivity contribution in [3.63, 3.8) is 0 Å². The zero-order chi connectivity index (χ0) is 23.1. The molecule has 0 radical (unpaired) electrons. The molecule has 3 rings (SSSR count). The van der Waals surface area contributed by atoms with Crippen LogP contribution in [0.15, 0.2) is 77.7 Å². The van der Waals surface area contributed by atoms with Crippen LogP contribution in [0.5, 0.6) is 17.2 Å². The van der Waals surface area contributed by atoms with Crippen molar-refractivity contribution < 1.29 is 27.4 Å². The number of amides is 1. The smallest absolute Gasteiger partial charge is 0.264 e. The maximum atomic E-state index is 13.4. The highest BCUT2D eigenvalue weighted by Crippen LogP contribution is 2.30. The van der Waals surface area contributed by atoms with E-state index >= 15 is 0 Å². The lowest BCUT2D eigenvalue weighted by molar-refractivity contribution is -0.114. The van der Waals surface area contributed by atoms with Crippen molar-refractivity contribution in [3.05, 3.63) is 72.8 Å². The Labute approximate surface area is 187 Å². The molecule has 0 unspecified atom stereocenters. The van der Waals surface area contributed by atoms with E-state index in [2.05, 4.69) is 5.32 Å². The lowest BCUT2D eigenvalue weighted by atomic mass is 10.2. The summed E-state index contributed by atoms with van der Waals surface area (Å²) in [7, 11) is 0.426. The highest BCUT2D eigenvalue weighted by atomic mass is 32.2. The molecule has 9 heteroatoms. The van der Waals surface area contributed by atoms with Crippen molar-refractivity contribution in [2.45, 2.75) is 4.90 Å². The molecule has 0 aliphatic carbocycles. The van der Waals surface area contributed by atoms with Crippen LogP contribution in [-0.2, 0) is 14.8 Å². The van der Waals surface area contributed by atoms with Crippen LogP contribution in [0.2, 0.25) is 0 Å². The molecule has 3 aromatic carbocycles. The summed E-state index contributed by atoms with van der Waals surface area (Å²) in [5.74, 6) is 0.838. The number of nitrogens with one attached hydrogen (secondary N) is 1. The van der Waals surface area contributed by atoms with E-state index in [1.54, 1.807) is 60.7 Å². The summed E-state index contributed by atoms with van der Waals surface area (Å²) < 4.78 is 43.6. The first-order valence-electron chi connectivity index (χ1n) is 9.62. The van der Waals surface area contributed by atoms with Gasteiger partial charge < -0.3 is 19.5 Å². The second-order valence-electron chi connectivity index (χ2n) is 6.64. The summed E-state index contributed by atoms with van der Waals surface area (Å²) in [5, 5.41) is 2.71. The Morgan fingerprint density at radius 2 is 1.53 bits per heavy atom. The zero-order valence-electron chi connectivity index (χ0n) is 17.9. The van der Waals surface area contributed by atoms with Gasteiger partial charge in [0.15, 0.2) is 0 Å². The molecule has 0 saturated heterocycles. The molecule has 0 fully saturated rings. The molecular weight excluding hydrogens is 432 g/mol. The van der Waals surface area contributed by atoms with Crippen molar-refractivity contribution in [2.75, 3.05) is 37.5 Å². The van der Waals surface area contributed by atoms with Gasteiger partial charge in [0.1, 0.15) is 23.8 Å². The highest BCUT2D eigenvalue weighted by Gasteiger charge is 2.27. The van der Waals surface area contributed by atoms with Gasteiger partial charge in [0.2, 0.25) is 5.91 Å². The van der Waals surface area contributed by atoms with Gasteiger partial charge in [0, 0.05) is 12.1 Å². The van der Waals surface area contributed by atoms with E-state index in [1.807, 2.05) is 0 Å². The van der Waals surface area contributed by atoms with Gasteiger partial charge in [-0.05, 0) is 36.4 Å². The van der Waals surface area contributed by atoms with E-state index in [0.29, 0.717) is 28.6 Å². The number of rotatable bonds is 9. The number of ether oxygens (including phenoxy) is 3. The quantitative estimate of drug-likeness (QED) is 0.529. The van der Waals surface area contributed by atoms with Crippen molar-refractivity contribution >= 4 is 27.3 Å². The molecule has 168 valence electrons. The van der Waals surface area contributed by atoms with Gasteiger partial charge in [-0.1, -0.05) is 24.3 Å². The third-order valence-corrected chi connectivity index (χ3v) is 6.43. The fraction of sp³-hybridized carbons (Fsp3) is 0.174. The average Bonchev–Trinajstić information content (AvgIpc) is 2.83. The molecule has 8 nitrogen and oxygen atoms in total. The average molecular weight is 457 g/mol. The van der Waals surface area contributed by atoms with Gasteiger partial charge in [-0.3, -0.25) is 9.10 Å². The van der Waals surface area contributed by atoms with Crippen molar-refractivity contribution in [1.82, 2.24) is 0 Å². The van der Waals surface area contributed by atoms with Crippen LogP contribution in [0.4, 0.5) is 11.4 Å². The summed E-state index contributed by atoms with van der Waals surface area (Å²) in [6.45, 7) is -0.468. The Morgan fingerprint density at radius 3 is 2.19 bits per heavy atom. The minimum atomic E-state index is -4.03. The molecule has 0 aromatic heterocycles. The van der Waals surface area contributed by atoms with Crippen molar-refractivity contribution in [3.8, 4) is 17.2 Å². The third-order valence-electron chi connectivity index (χ3n) is 4.64. The summed E-state index contributed by atoms with van der Waals surface area (Å²) >= 11 is 0. The van der Waals surface area contributed by atoms with E-state index in [0.717, 1.165) is 4.31 Å². The largest absolute Gasteiger partial charge is 0.497 e. The summed E-state index contributed by atoms with van der Waals surface area (Å²) in [6, 6.07) is 19.4. The number of nitrogens with zero attached hydrogens (tertiary/aromatic N) is 1. The van der Waals surface area contributed by atoms with E-state index in [9.17, 15) is 13.2 Å². The predicted octanol–water partition coefficient (Wildman–Crippen LogP) is 3.55. The van der Waals surface area contributed by atoms with Crippen LogP contribution < -0.4 is 23.8 Å². The summed E-state index contributed by atoms with van der Waals surface area (Å²) in [5.41, 5.74) is 0.653. The number of sulfonamides is 1. The first-order valence-corrected chi connectivity index (χ1v) is 11.1. The van der Waals surface area contributed by atoms with Crippen LogP contribution in [-0.4, -0.2) is 42.2 Å². The van der Waals surface area contributed by atoms with Crippen LogP contribution in [0.25, 0.3) is 0 Å². The maximum Gasteiger partial charge on any atom is 0.264 e. The molecule has 0 aliphatic heterocycles. The number of benzene rings is 3. The molecule has 32 heavy (non-hydrogen) atoms. The normalized spacial score (nSPS) is 10.8. The molecular formula is C23H24N2O6S. The van der Waals surface area contributed by atoms with Crippen molar-refractivity contribution in [2.24, 2.45) is 0 Å². The van der Waals surface area contributed by atoms with Gasteiger partial charge in [-0.25, -0.2) is 8.42 Å². The van der Waals surface area contributed by atoms with Gasteiger partial charge in [-0.2, -0.15) is 0 Å². The number of carbonyl (C=O) groups excluding carboxylic acids is 1. The van der Waals surface area contributed by atoms with Crippen LogP contribution >= 0.6 is 0 Å². The molecule has 1 amide bonds. The minimum absolute atomic E-state index is 0.0644. The molecule has 0 spiro atoms. The molecule has 0 aliphatic rings. The Morgan fingerprint density at radius 1 is 0.844 bits per heavy atom. The number of hydrogen-bond acceptors (Lipinski definition) is 6. The molecule has 3 aromatic rings. The predicted molar refractivity (Wildman–Crippen MR) is 122 cm³/mol. The third kappa shape index (κ3) is 5.12. The fourth-order valence-electron chi connectivity index (χ4n) is 3.03. The van der Waals surface area contributed by atoms with Crippen LogP contribution in [0.1, 0.15) is 0 Å². The second-order valence-corrected chi connectivity index (χ2v) is 8.50. The standard InChI is InChI=1S/C23H24N2O6S/c1-29-18-9-7-8-17(14-18)25(32(27,28)20-10-5-4-6-11-20)16-23(26)24-21-15-19(30-2)12-13-22(21)31-3/h4-15H,16H2,1-3H3,(H,24,26). The highest BCUT2D eigenvalue weighted by molar-refractivity contribution is 7.92. The second kappa shape index (κ2) is 10.1. The molecule has 0 saturated carbocycles. The van der Waals surface area contributed by atoms with Crippen molar-refractivity contribution in [1.29, 1.82) is 0 Å². The van der Waals surface area contributed by atoms with E-state index < -0.39 is 22.5 Å². The lowest BCUT2D eigenvalue weighted by Gasteiger charge is -2.24. The van der Waals surface area contributed by atoms with E-state index in [1.165, 1.54) is 33.5 Å². The van der Waals surface area contributed by atoms with E-state index in [4.69, 9.17) is 14.2 Å². The Balaban J connectivity index is 1.97. The van der Waals surface area contributed by atoms with Gasteiger partial charge >= 0.3 is 0 Å². The van der Waals surface area contributed by atoms with E-state index in [-0.39, 0.29) is 4.90 Å². The first kappa shape index (κ1) is 23.0. The summed E-state index contributed by atoms with van der Waals surface area (Å²) in [4.78, 5) is 13.0. The Kier molecular flexibility index (Phi) is 7.21. The lowest BCUT2D eigenvalue weighted by Crippen LogP contribution is -2.38. The zero-order valence-corrected chi connectivity index (χ0v) is 18.8.